The van der Waals surface area contributed by atoms with E-state index in [4.69, 9.17) is 11.6 Å². The van der Waals surface area contributed by atoms with Crippen LogP contribution in [0.25, 0.3) is 11.0 Å². The third-order valence-electron chi connectivity index (χ3n) is 3.14. The summed E-state index contributed by atoms with van der Waals surface area (Å²) in [6, 6.07) is 7.95. The number of nitrogens with one attached hydrogen (secondary N) is 1. The summed E-state index contributed by atoms with van der Waals surface area (Å²) in [4.78, 5) is 16.8. The SMILES string of the molecule is Cc1c(Cl)nc(C(C)C)nc1Sc1nc2ccccc2[nH]1. The van der Waals surface area contributed by atoms with Crippen LogP contribution < -0.4 is 0 Å². The summed E-state index contributed by atoms with van der Waals surface area (Å²) in [6.07, 6.45) is 0. The normalized spacial score (nSPS) is 11.5. The second-order valence-electron chi connectivity index (χ2n) is 5.12. The van der Waals surface area contributed by atoms with Crippen LogP contribution in [-0.4, -0.2) is 19.9 Å². The molecule has 4 nitrogen and oxygen atoms in total. The predicted molar refractivity (Wildman–Crippen MR) is 86.1 cm³/mol. The zero-order valence-corrected chi connectivity index (χ0v) is 13.6. The van der Waals surface area contributed by atoms with Gasteiger partial charge in [-0.2, -0.15) is 0 Å². The number of H-pyrrole nitrogens is 1. The molecule has 0 aliphatic heterocycles. The highest BCUT2D eigenvalue weighted by atomic mass is 35.5. The molecule has 0 aliphatic carbocycles. The molecule has 0 spiro atoms. The average Bonchev–Trinajstić information content (AvgIpc) is 2.85. The van der Waals surface area contributed by atoms with Gasteiger partial charge in [0.05, 0.1) is 11.0 Å². The van der Waals surface area contributed by atoms with Gasteiger partial charge in [-0.1, -0.05) is 37.6 Å². The first-order valence-corrected chi connectivity index (χ1v) is 7.90. The summed E-state index contributed by atoms with van der Waals surface area (Å²) in [5, 5.41) is 2.16. The Balaban J connectivity index is 2.00. The highest BCUT2D eigenvalue weighted by Crippen LogP contribution is 2.31. The lowest BCUT2D eigenvalue weighted by Crippen LogP contribution is -2.01. The van der Waals surface area contributed by atoms with Gasteiger partial charge in [0.25, 0.3) is 0 Å². The Labute approximate surface area is 132 Å². The Morgan fingerprint density at radius 1 is 1.14 bits per heavy atom. The standard InChI is InChI=1S/C15H15ClN4S/c1-8(2)13-19-12(16)9(3)14(20-13)21-15-17-10-6-4-5-7-11(10)18-15/h4-8H,1-3H3,(H,17,18). The minimum Gasteiger partial charge on any atom is -0.333 e. The fourth-order valence-electron chi connectivity index (χ4n) is 1.91. The lowest BCUT2D eigenvalue weighted by molar-refractivity contribution is 0.747. The monoisotopic (exact) mass is 318 g/mol. The maximum absolute atomic E-state index is 6.21. The zero-order chi connectivity index (χ0) is 15.0. The number of benzene rings is 1. The van der Waals surface area contributed by atoms with Gasteiger partial charge >= 0.3 is 0 Å². The lowest BCUT2D eigenvalue weighted by atomic mass is 10.2. The number of rotatable bonds is 3. The summed E-state index contributed by atoms with van der Waals surface area (Å²) in [6.45, 7) is 6.03. The highest BCUT2D eigenvalue weighted by Gasteiger charge is 2.14. The van der Waals surface area contributed by atoms with Crippen molar-refractivity contribution in [2.45, 2.75) is 36.9 Å². The molecule has 0 fully saturated rings. The van der Waals surface area contributed by atoms with Crippen molar-refractivity contribution >= 4 is 34.4 Å². The second-order valence-corrected chi connectivity index (χ2v) is 6.45. The van der Waals surface area contributed by atoms with Crippen molar-refractivity contribution in [3.05, 3.63) is 40.8 Å². The fourth-order valence-corrected chi connectivity index (χ4v) is 3.02. The molecule has 0 saturated heterocycles. The van der Waals surface area contributed by atoms with E-state index in [9.17, 15) is 0 Å². The van der Waals surface area contributed by atoms with E-state index in [1.54, 1.807) is 0 Å². The van der Waals surface area contributed by atoms with E-state index in [0.29, 0.717) is 5.15 Å². The van der Waals surface area contributed by atoms with E-state index in [-0.39, 0.29) is 5.92 Å². The van der Waals surface area contributed by atoms with E-state index in [0.717, 1.165) is 32.6 Å². The number of aromatic nitrogens is 4. The maximum Gasteiger partial charge on any atom is 0.172 e. The van der Waals surface area contributed by atoms with Gasteiger partial charge in [-0.15, -0.1) is 0 Å². The second kappa shape index (κ2) is 5.66. The summed E-state index contributed by atoms with van der Waals surface area (Å²) in [5.41, 5.74) is 2.84. The molecule has 0 saturated carbocycles. The number of nitrogens with zero attached hydrogens (tertiary/aromatic N) is 3. The first kappa shape index (κ1) is 14.4. The summed E-state index contributed by atoms with van der Waals surface area (Å²) in [7, 11) is 0. The number of halogens is 1. The third kappa shape index (κ3) is 2.89. The molecule has 0 bridgehead atoms. The number of fused-ring (bicyclic) bond motifs is 1. The van der Waals surface area contributed by atoms with Crippen molar-refractivity contribution in [1.82, 2.24) is 19.9 Å². The molecule has 0 radical (unpaired) electrons. The van der Waals surface area contributed by atoms with Crippen molar-refractivity contribution < 1.29 is 0 Å². The molecule has 3 rings (SSSR count). The van der Waals surface area contributed by atoms with Crippen LogP contribution in [0.2, 0.25) is 5.15 Å². The predicted octanol–water partition coefficient (Wildman–Crippen LogP) is 4.59. The Morgan fingerprint density at radius 2 is 1.90 bits per heavy atom. The van der Waals surface area contributed by atoms with E-state index in [1.807, 2.05) is 31.2 Å². The van der Waals surface area contributed by atoms with E-state index in [1.165, 1.54) is 11.8 Å². The zero-order valence-electron chi connectivity index (χ0n) is 12.0. The number of hydrogen-bond acceptors (Lipinski definition) is 4. The lowest BCUT2D eigenvalue weighted by Gasteiger charge is -2.09. The molecule has 1 N–H and O–H groups in total. The number of aromatic amines is 1. The number of imidazole rings is 1. The number of para-hydroxylation sites is 2. The molecule has 1 aromatic carbocycles. The molecule has 6 heteroatoms. The molecule has 0 amide bonds. The van der Waals surface area contributed by atoms with Gasteiger partial charge in [-0.25, -0.2) is 15.0 Å². The van der Waals surface area contributed by atoms with E-state index < -0.39 is 0 Å². The van der Waals surface area contributed by atoms with Gasteiger partial charge < -0.3 is 4.98 Å². The maximum atomic E-state index is 6.21. The summed E-state index contributed by atoms with van der Waals surface area (Å²) >= 11 is 7.70. The van der Waals surface area contributed by atoms with Gasteiger partial charge in [-0.05, 0) is 30.8 Å². The first-order valence-electron chi connectivity index (χ1n) is 6.71. The van der Waals surface area contributed by atoms with Gasteiger partial charge in [0.1, 0.15) is 16.0 Å². The van der Waals surface area contributed by atoms with Crippen LogP contribution in [0.4, 0.5) is 0 Å². The molecule has 0 atom stereocenters. The number of hydrogen-bond donors (Lipinski definition) is 1. The molecule has 0 aliphatic rings. The Kier molecular flexibility index (Phi) is 3.87. The van der Waals surface area contributed by atoms with Crippen LogP contribution in [0, 0.1) is 6.92 Å². The quantitative estimate of drug-likeness (QED) is 0.718. The van der Waals surface area contributed by atoms with Crippen LogP contribution in [0.5, 0.6) is 0 Å². The van der Waals surface area contributed by atoms with Crippen molar-refractivity contribution in [2.24, 2.45) is 0 Å². The fraction of sp³-hybridized carbons (Fsp3) is 0.267. The molecule has 2 heterocycles. The molecule has 21 heavy (non-hydrogen) atoms. The third-order valence-corrected chi connectivity index (χ3v) is 4.48. The van der Waals surface area contributed by atoms with Crippen molar-refractivity contribution in [2.75, 3.05) is 0 Å². The molecule has 2 aromatic heterocycles. The Morgan fingerprint density at radius 3 is 2.62 bits per heavy atom. The van der Waals surface area contributed by atoms with Crippen LogP contribution >= 0.6 is 23.4 Å². The van der Waals surface area contributed by atoms with Crippen LogP contribution in [0.3, 0.4) is 0 Å². The van der Waals surface area contributed by atoms with Crippen molar-refractivity contribution in [1.29, 1.82) is 0 Å². The molecule has 3 aromatic rings. The van der Waals surface area contributed by atoms with E-state index in [2.05, 4.69) is 33.8 Å². The summed E-state index contributed by atoms with van der Waals surface area (Å²) in [5.74, 6) is 0.988. The minimum absolute atomic E-state index is 0.234. The van der Waals surface area contributed by atoms with Crippen molar-refractivity contribution in [3.8, 4) is 0 Å². The molecule has 0 unspecified atom stereocenters. The molecule has 108 valence electrons. The molecular weight excluding hydrogens is 304 g/mol. The van der Waals surface area contributed by atoms with Gasteiger partial charge in [-0.3, -0.25) is 0 Å². The first-order chi connectivity index (χ1) is 10.0. The van der Waals surface area contributed by atoms with Crippen molar-refractivity contribution in [3.63, 3.8) is 0 Å². The smallest absolute Gasteiger partial charge is 0.172 e. The van der Waals surface area contributed by atoms with Gasteiger partial charge in [0.15, 0.2) is 5.16 Å². The Hall–Kier alpha value is -1.59. The highest BCUT2D eigenvalue weighted by molar-refractivity contribution is 7.99. The Bertz CT molecular complexity index is 764. The largest absolute Gasteiger partial charge is 0.333 e. The van der Waals surface area contributed by atoms with Crippen LogP contribution in [-0.2, 0) is 0 Å². The van der Waals surface area contributed by atoms with Crippen LogP contribution in [0.15, 0.2) is 34.4 Å². The van der Waals surface area contributed by atoms with Gasteiger partial charge in [0, 0.05) is 11.5 Å². The average molecular weight is 319 g/mol. The van der Waals surface area contributed by atoms with E-state index >= 15 is 0 Å². The summed E-state index contributed by atoms with van der Waals surface area (Å²) < 4.78 is 0. The minimum atomic E-state index is 0.234. The topological polar surface area (TPSA) is 54.5 Å². The van der Waals surface area contributed by atoms with Gasteiger partial charge in [0.2, 0.25) is 0 Å². The van der Waals surface area contributed by atoms with Crippen LogP contribution in [0.1, 0.15) is 31.2 Å². The molecular formula is C15H15ClN4S.